The molecule has 1 aliphatic heterocycles. The summed E-state index contributed by atoms with van der Waals surface area (Å²) in [4.78, 5) is 14.4. The highest BCUT2D eigenvalue weighted by Crippen LogP contribution is 2.23. The Morgan fingerprint density at radius 1 is 1.22 bits per heavy atom. The third kappa shape index (κ3) is 4.81. The Morgan fingerprint density at radius 3 is 2.43 bits per heavy atom. The molecule has 128 valence electrons. The summed E-state index contributed by atoms with van der Waals surface area (Å²) in [6.45, 7) is 12.8. The molecule has 1 fully saturated rings. The molecule has 1 aliphatic rings. The summed E-state index contributed by atoms with van der Waals surface area (Å²) in [5.74, 6) is 0.254. The zero-order chi connectivity index (χ0) is 17.1. The molecule has 0 N–H and O–H groups in total. The number of hydrogen-bond acceptors (Lipinski definition) is 2. The zero-order valence-corrected chi connectivity index (χ0v) is 15.3. The Kier molecular flexibility index (Phi) is 5.51. The number of carbonyl (C=O) groups excluding carboxylic acids is 1. The quantitative estimate of drug-likeness (QED) is 0.841. The molecule has 1 aromatic rings. The molecule has 0 spiro atoms. The van der Waals surface area contributed by atoms with Crippen LogP contribution in [0.15, 0.2) is 24.3 Å². The standard InChI is InChI=1S/C20H31NO2/c1-19(2,3)17-11-9-16(10-12-17)7-6-8-18(22)21-13-14-23-15-20(21,4)5/h9-12H,6-8,13-15H2,1-5H3. The van der Waals surface area contributed by atoms with Crippen LogP contribution < -0.4 is 0 Å². The zero-order valence-electron chi connectivity index (χ0n) is 15.3. The van der Waals surface area contributed by atoms with E-state index in [2.05, 4.69) is 58.9 Å². The van der Waals surface area contributed by atoms with Gasteiger partial charge >= 0.3 is 0 Å². The molecule has 0 atom stereocenters. The summed E-state index contributed by atoms with van der Waals surface area (Å²) in [5, 5.41) is 0. The lowest BCUT2D eigenvalue weighted by atomic mass is 9.86. The average molecular weight is 317 g/mol. The third-order valence-corrected chi connectivity index (χ3v) is 4.62. The Bertz CT molecular complexity index is 526. The van der Waals surface area contributed by atoms with Gasteiger partial charge in [0, 0.05) is 13.0 Å². The Hall–Kier alpha value is -1.35. The number of benzene rings is 1. The van der Waals surface area contributed by atoms with Gasteiger partial charge in [-0.15, -0.1) is 0 Å². The van der Waals surface area contributed by atoms with Crippen molar-refractivity contribution in [3.63, 3.8) is 0 Å². The number of carbonyl (C=O) groups is 1. The van der Waals surface area contributed by atoms with Crippen molar-refractivity contribution in [1.82, 2.24) is 4.90 Å². The molecule has 2 rings (SSSR count). The van der Waals surface area contributed by atoms with Crippen molar-refractivity contribution in [3.8, 4) is 0 Å². The number of nitrogens with zero attached hydrogens (tertiary/aromatic N) is 1. The van der Waals surface area contributed by atoms with E-state index in [1.807, 2.05) is 4.90 Å². The molecule has 3 nitrogen and oxygen atoms in total. The summed E-state index contributed by atoms with van der Waals surface area (Å²) >= 11 is 0. The fourth-order valence-electron chi connectivity index (χ4n) is 3.07. The fraction of sp³-hybridized carbons (Fsp3) is 0.650. The molecule has 0 saturated carbocycles. The van der Waals surface area contributed by atoms with Gasteiger partial charge in [0.1, 0.15) is 0 Å². The van der Waals surface area contributed by atoms with E-state index in [0.29, 0.717) is 26.2 Å². The van der Waals surface area contributed by atoms with Crippen LogP contribution in [0.2, 0.25) is 0 Å². The Balaban J connectivity index is 1.84. The van der Waals surface area contributed by atoms with Gasteiger partial charge in [-0.3, -0.25) is 4.79 Å². The molecule has 1 amide bonds. The van der Waals surface area contributed by atoms with Crippen LogP contribution in [0.4, 0.5) is 0 Å². The second-order valence-corrected chi connectivity index (χ2v) is 8.21. The van der Waals surface area contributed by atoms with Crippen LogP contribution in [-0.4, -0.2) is 36.1 Å². The topological polar surface area (TPSA) is 29.5 Å². The van der Waals surface area contributed by atoms with Crippen molar-refractivity contribution >= 4 is 5.91 Å². The highest BCUT2D eigenvalue weighted by Gasteiger charge is 2.33. The molecule has 0 unspecified atom stereocenters. The van der Waals surface area contributed by atoms with E-state index < -0.39 is 0 Å². The minimum absolute atomic E-state index is 0.177. The molecular weight excluding hydrogens is 286 g/mol. The van der Waals surface area contributed by atoms with Crippen molar-refractivity contribution in [3.05, 3.63) is 35.4 Å². The van der Waals surface area contributed by atoms with E-state index in [-0.39, 0.29) is 16.9 Å². The number of aryl methyl sites for hydroxylation is 1. The fourth-order valence-corrected chi connectivity index (χ4v) is 3.07. The number of morpholine rings is 1. The number of rotatable bonds is 4. The molecule has 0 aromatic heterocycles. The molecule has 0 aliphatic carbocycles. The maximum absolute atomic E-state index is 12.5. The van der Waals surface area contributed by atoms with E-state index in [1.165, 1.54) is 11.1 Å². The largest absolute Gasteiger partial charge is 0.377 e. The number of amides is 1. The van der Waals surface area contributed by atoms with Crippen LogP contribution in [0.1, 0.15) is 58.6 Å². The van der Waals surface area contributed by atoms with Gasteiger partial charge in [0.2, 0.25) is 5.91 Å². The van der Waals surface area contributed by atoms with Crippen molar-refractivity contribution < 1.29 is 9.53 Å². The molecule has 1 heterocycles. The maximum Gasteiger partial charge on any atom is 0.223 e. The van der Waals surface area contributed by atoms with Gasteiger partial charge in [-0.25, -0.2) is 0 Å². The van der Waals surface area contributed by atoms with E-state index >= 15 is 0 Å². The maximum atomic E-state index is 12.5. The highest BCUT2D eigenvalue weighted by atomic mass is 16.5. The summed E-state index contributed by atoms with van der Waals surface area (Å²) < 4.78 is 5.48. The van der Waals surface area contributed by atoms with Crippen LogP contribution in [0.25, 0.3) is 0 Å². The highest BCUT2D eigenvalue weighted by molar-refractivity contribution is 5.77. The summed E-state index contributed by atoms with van der Waals surface area (Å²) in [6, 6.07) is 8.82. The van der Waals surface area contributed by atoms with Crippen molar-refractivity contribution in [2.45, 2.75) is 64.8 Å². The monoisotopic (exact) mass is 317 g/mol. The smallest absolute Gasteiger partial charge is 0.223 e. The van der Waals surface area contributed by atoms with Gasteiger partial charge in [-0.1, -0.05) is 45.0 Å². The van der Waals surface area contributed by atoms with E-state index in [4.69, 9.17) is 4.74 Å². The van der Waals surface area contributed by atoms with Gasteiger partial charge in [-0.2, -0.15) is 0 Å². The first-order valence-corrected chi connectivity index (χ1v) is 8.68. The first kappa shape index (κ1) is 18.0. The van der Waals surface area contributed by atoms with Crippen LogP contribution in [0.5, 0.6) is 0 Å². The Labute approximate surface area is 141 Å². The average Bonchev–Trinajstić information content (AvgIpc) is 2.46. The van der Waals surface area contributed by atoms with Crippen LogP contribution in [0, 0.1) is 0 Å². The van der Waals surface area contributed by atoms with E-state index in [9.17, 15) is 4.79 Å². The van der Waals surface area contributed by atoms with E-state index in [1.54, 1.807) is 0 Å². The van der Waals surface area contributed by atoms with Gasteiger partial charge in [0.25, 0.3) is 0 Å². The predicted molar refractivity (Wildman–Crippen MR) is 94.7 cm³/mol. The molecule has 1 aromatic carbocycles. The number of hydrogen-bond donors (Lipinski definition) is 0. The van der Waals surface area contributed by atoms with Crippen molar-refractivity contribution in [1.29, 1.82) is 0 Å². The molecule has 0 radical (unpaired) electrons. The minimum Gasteiger partial charge on any atom is -0.377 e. The summed E-state index contributed by atoms with van der Waals surface area (Å²) in [5.41, 5.74) is 2.68. The SMILES string of the molecule is CC(C)(C)c1ccc(CCCC(=O)N2CCOCC2(C)C)cc1. The third-order valence-electron chi connectivity index (χ3n) is 4.62. The van der Waals surface area contributed by atoms with Crippen LogP contribution in [-0.2, 0) is 21.4 Å². The van der Waals surface area contributed by atoms with Crippen LogP contribution >= 0.6 is 0 Å². The van der Waals surface area contributed by atoms with Gasteiger partial charge in [0.05, 0.1) is 18.8 Å². The second-order valence-electron chi connectivity index (χ2n) is 8.21. The Morgan fingerprint density at radius 2 is 1.87 bits per heavy atom. The van der Waals surface area contributed by atoms with E-state index in [0.717, 1.165) is 12.8 Å². The molecular formula is C20H31NO2. The summed E-state index contributed by atoms with van der Waals surface area (Å²) in [7, 11) is 0. The van der Waals surface area contributed by atoms with Crippen molar-refractivity contribution in [2.75, 3.05) is 19.8 Å². The van der Waals surface area contributed by atoms with Gasteiger partial charge < -0.3 is 9.64 Å². The van der Waals surface area contributed by atoms with Gasteiger partial charge in [0.15, 0.2) is 0 Å². The first-order valence-electron chi connectivity index (χ1n) is 8.68. The van der Waals surface area contributed by atoms with Crippen molar-refractivity contribution in [2.24, 2.45) is 0 Å². The lowest BCUT2D eigenvalue weighted by molar-refractivity contribution is -0.146. The number of ether oxygens (including phenoxy) is 1. The lowest BCUT2D eigenvalue weighted by Crippen LogP contribution is -2.55. The summed E-state index contributed by atoms with van der Waals surface area (Å²) in [6.07, 6.45) is 2.48. The molecule has 3 heteroatoms. The second kappa shape index (κ2) is 7.04. The normalized spacial score (nSPS) is 18.0. The predicted octanol–water partition coefficient (Wildman–Crippen LogP) is 3.94. The molecule has 0 bridgehead atoms. The minimum atomic E-state index is -0.177. The first-order chi connectivity index (χ1) is 10.7. The van der Waals surface area contributed by atoms with Gasteiger partial charge in [-0.05, 0) is 43.2 Å². The lowest BCUT2D eigenvalue weighted by Gasteiger charge is -2.42. The van der Waals surface area contributed by atoms with Crippen LogP contribution in [0.3, 0.4) is 0 Å². The molecule has 23 heavy (non-hydrogen) atoms. The molecule has 1 saturated heterocycles.